The predicted octanol–water partition coefficient (Wildman–Crippen LogP) is 2.19. The molecule has 0 radical (unpaired) electrons. The van der Waals surface area contributed by atoms with Crippen LogP contribution in [-0.2, 0) is 16.4 Å². The number of thiazole rings is 1. The summed E-state index contributed by atoms with van der Waals surface area (Å²) in [6.45, 7) is 4.00. The Balaban J connectivity index is 2.06. The van der Waals surface area contributed by atoms with Crippen molar-refractivity contribution in [3.8, 4) is 0 Å². The van der Waals surface area contributed by atoms with Gasteiger partial charge in [-0.2, -0.15) is 0 Å². The number of hydrogen-bond acceptors (Lipinski definition) is 6. The number of non-ortho nitro benzene ring substituents is 1. The molecule has 1 N–H and O–H groups in total. The monoisotopic (exact) mass is 341 g/mol. The van der Waals surface area contributed by atoms with Crippen LogP contribution in [0.1, 0.15) is 15.6 Å². The lowest BCUT2D eigenvalue weighted by Crippen LogP contribution is -2.26. The zero-order valence-electron chi connectivity index (χ0n) is 12.1. The minimum atomic E-state index is -3.76. The number of nitro benzene ring substituents is 1. The highest BCUT2D eigenvalue weighted by Gasteiger charge is 2.17. The molecule has 1 aromatic carbocycles. The molecule has 0 unspecified atom stereocenters. The van der Waals surface area contributed by atoms with Gasteiger partial charge in [-0.1, -0.05) is 6.07 Å². The minimum absolute atomic E-state index is 0.112. The van der Waals surface area contributed by atoms with Gasteiger partial charge in [0.25, 0.3) is 5.69 Å². The van der Waals surface area contributed by atoms with E-state index < -0.39 is 14.9 Å². The Morgan fingerprint density at radius 3 is 2.68 bits per heavy atom. The Morgan fingerprint density at radius 2 is 2.09 bits per heavy atom. The average Bonchev–Trinajstić information content (AvgIpc) is 2.77. The molecule has 0 atom stereocenters. The summed E-state index contributed by atoms with van der Waals surface area (Å²) >= 11 is 1.53. The molecule has 118 valence electrons. The molecule has 2 rings (SSSR count). The van der Waals surface area contributed by atoms with E-state index >= 15 is 0 Å². The quantitative estimate of drug-likeness (QED) is 0.641. The van der Waals surface area contributed by atoms with Crippen molar-refractivity contribution in [2.75, 3.05) is 6.54 Å². The molecule has 9 heteroatoms. The summed E-state index contributed by atoms with van der Waals surface area (Å²) in [4.78, 5) is 15.3. The number of sulfonamides is 1. The van der Waals surface area contributed by atoms with E-state index in [4.69, 9.17) is 0 Å². The summed E-state index contributed by atoms with van der Waals surface area (Å²) in [6.07, 6.45) is 0.533. The van der Waals surface area contributed by atoms with Crippen LogP contribution in [0.2, 0.25) is 0 Å². The second kappa shape index (κ2) is 6.51. The Bertz CT molecular complexity index is 799. The van der Waals surface area contributed by atoms with E-state index in [2.05, 4.69) is 9.71 Å². The molecule has 0 saturated heterocycles. The molecule has 1 aromatic heterocycles. The maximum atomic E-state index is 12.1. The second-order valence-electron chi connectivity index (χ2n) is 4.64. The molecule has 0 aliphatic carbocycles. The van der Waals surface area contributed by atoms with Crippen molar-refractivity contribution in [3.63, 3.8) is 0 Å². The Hall–Kier alpha value is -1.84. The Morgan fingerprint density at radius 1 is 1.36 bits per heavy atom. The Labute approximate surface area is 132 Å². The van der Waals surface area contributed by atoms with Crippen LogP contribution in [-0.4, -0.2) is 24.9 Å². The third-order valence-electron chi connectivity index (χ3n) is 2.98. The summed E-state index contributed by atoms with van der Waals surface area (Å²) < 4.78 is 26.7. The van der Waals surface area contributed by atoms with Crippen molar-refractivity contribution in [3.05, 3.63) is 50.0 Å². The number of nitrogens with zero attached hydrogens (tertiary/aromatic N) is 2. The summed E-state index contributed by atoms with van der Waals surface area (Å²) in [6, 6.07) is 4.98. The summed E-state index contributed by atoms with van der Waals surface area (Å²) in [5.41, 5.74) is 0.647. The minimum Gasteiger partial charge on any atom is -0.258 e. The van der Waals surface area contributed by atoms with Crippen LogP contribution < -0.4 is 4.72 Å². The fraction of sp³-hybridized carbons (Fsp3) is 0.308. The van der Waals surface area contributed by atoms with E-state index in [0.717, 1.165) is 21.6 Å². The first-order valence-corrected chi connectivity index (χ1v) is 8.76. The van der Waals surface area contributed by atoms with Crippen molar-refractivity contribution in [1.82, 2.24) is 9.71 Å². The van der Waals surface area contributed by atoms with Gasteiger partial charge in [0.15, 0.2) is 0 Å². The molecule has 0 saturated carbocycles. The van der Waals surface area contributed by atoms with Gasteiger partial charge in [-0.25, -0.2) is 18.1 Å². The standard InChI is InChI=1S/C13H15N3O4S2/c1-9-13(21-10(2)15-9)6-7-14-22(19,20)12-5-3-4-11(8-12)16(17)18/h3-5,8,14H,6-7H2,1-2H3. The van der Waals surface area contributed by atoms with Crippen LogP contribution in [0.4, 0.5) is 5.69 Å². The van der Waals surface area contributed by atoms with Crippen molar-refractivity contribution < 1.29 is 13.3 Å². The average molecular weight is 341 g/mol. The number of nitrogens with one attached hydrogen (secondary N) is 1. The summed E-state index contributed by atoms with van der Waals surface area (Å²) in [5, 5.41) is 11.6. The molecule has 7 nitrogen and oxygen atoms in total. The molecule has 22 heavy (non-hydrogen) atoms. The van der Waals surface area contributed by atoms with Gasteiger partial charge in [-0.05, 0) is 26.3 Å². The normalized spacial score (nSPS) is 11.5. The van der Waals surface area contributed by atoms with Gasteiger partial charge < -0.3 is 0 Å². The lowest BCUT2D eigenvalue weighted by molar-refractivity contribution is -0.385. The first-order chi connectivity index (χ1) is 10.3. The molecule has 0 fully saturated rings. The number of aromatic nitrogens is 1. The molecule has 1 heterocycles. The van der Waals surface area contributed by atoms with E-state index in [1.807, 2.05) is 13.8 Å². The third kappa shape index (κ3) is 3.87. The first-order valence-electron chi connectivity index (χ1n) is 6.46. The van der Waals surface area contributed by atoms with Gasteiger partial charge >= 0.3 is 0 Å². The van der Waals surface area contributed by atoms with E-state index in [0.29, 0.717) is 6.42 Å². The molecule has 2 aromatic rings. The molecular formula is C13H15N3O4S2. The first kappa shape index (κ1) is 16.5. The maximum Gasteiger partial charge on any atom is 0.270 e. The summed E-state index contributed by atoms with van der Waals surface area (Å²) in [7, 11) is -3.76. The predicted molar refractivity (Wildman–Crippen MR) is 83.6 cm³/mol. The highest BCUT2D eigenvalue weighted by atomic mass is 32.2. The van der Waals surface area contributed by atoms with E-state index in [-0.39, 0.29) is 17.1 Å². The lowest BCUT2D eigenvalue weighted by atomic mass is 10.3. The molecule has 0 bridgehead atoms. The highest BCUT2D eigenvalue weighted by Crippen LogP contribution is 2.19. The molecule has 0 aliphatic heterocycles. The van der Waals surface area contributed by atoms with Crippen LogP contribution in [0.25, 0.3) is 0 Å². The van der Waals surface area contributed by atoms with Crippen molar-refractivity contribution in [2.24, 2.45) is 0 Å². The van der Waals surface area contributed by atoms with Crippen molar-refractivity contribution in [2.45, 2.75) is 25.2 Å². The fourth-order valence-electron chi connectivity index (χ4n) is 1.95. The largest absolute Gasteiger partial charge is 0.270 e. The number of benzene rings is 1. The number of nitro groups is 1. The van der Waals surface area contributed by atoms with Crippen LogP contribution in [0, 0.1) is 24.0 Å². The molecule has 0 aliphatic rings. The lowest BCUT2D eigenvalue weighted by Gasteiger charge is -2.06. The summed E-state index contributed by atoms with van der Waals surface area (Å²) in [5.74, 6) is 0. The number of rotatable bonds is 6. The smallest absolute Gasteiger partial charge is 0.258 e. The van der Waals surface area contributed by atoms with Crippen LogP contribution >= 0.6 is 11.3 Å². The third-order valence-corrected chi connectivity index (χ3v) is 5.57. The maximum absolute atomic E-state index is 12.1. The van der Waals surface area contributed by atoms with Gasteiger partial charge in [0, 0.05) is 23.6 Å². The van der Waals surface area contributed by atoms with Crippen LogP contribution in [0.15, 0.2) is 29.2 Å². The second-order valence-corrected chi connectivity index (χ2v) is 7.70. The number of aryl methyl sites for hydroxylation is 2. The van der Waals surface area contributed by atoms with E-state index in [1.165, 1.54) is 29.5 Å². The topological polar surface area (TPSA) is 102 Å². The van der Waals surface area contributed by atoms with E-state index in [1.54, 1.807) is 0 Å². The fourth-order valence-corrected chi connectivity index (χ4v) is 3.96. The van der Waals surface area contributed by atoms with Gasteiger partial charge in [0.05, 0.1) is 20.5 Å². The van der Waals surface area contributed by atoms with Crippen molar-refractivity contribution >= 4 is 27.0 Å². The van der Waals surface area contributed by atoms with Gasteiger partial charge in [0.2, 0.25) is 10.0 Å². The van der Waals surface area contributed by atoms with Crippen LogP contribution in [0.5, 0.6) is 0 Å². The molecular weight excluding hydrogens is 326 g/mol. The molecule has 0 spiro atoms. The van der Waals surface area contributed by atoms with Gasteiger partial charge in [-0.3, -0.25) is 10.1 Å². The zero-order valence-corrected chi connectivity index (χ0v) is 13.7. The van der Waals surface area contributed by atoms with Gasteiger partial charge in [0.1, 0.15) is 0 Å². The number of hydrogen-bond donors (Lipinski definition) is 1. The SMILES string of the molecule is Cc1nc(C)c(CCNS(=O)(=O)c2cccc([N+](=O)[O-])c2)s1. The molecule has 0 amide bonds. The van der Waals surface area contributed by atoms with Crippen LogP contribution in [0.3, 0.4) is 0 Å². The van der Waals surface area contributed by atoms with Crippen molar-refractivity contribution in [1.29, 1.82) is 0 Å². The zero-order chi connectivity index (χ0) is 16.3. The van der Waals surface area contributed by atoms with Gasteiger partial charge in [-0.15, -0.1) is 11.3 Å². The highest BCUT2D eigenvalue weighted by molar-refractivity contribution is 7.89. The Kier molecular flexibility index (Phi) is 4.89. The van der Waals surface area contributed by atoms with E-state index in [9.17, 15) is 18.5 Å².